The normalized spacial score (nSPS) is 15.7. The van der Waals surface area contributed by atoms with Crippen LogP contribution in [0, 0.1) is 12.7 Å². The van der Waals surface area contributed by atoms with Crippen LogP contribution >= 0.6 is 0 Å². The Morgan fingerprint density at radius 2 is 2.10 bits per heavy atom. The molecular weight excluding hydrogens is 399 g/mol. The monoisotopic (exact) mass is 424 g/mol. The Labute approximate surface area is 179 Å². The van der Waals surface area contributed by atoms with Gasteiger partial charge in [0.15, 0.2) is 0 Å². The summed E-state index contributed by atoms with van der Waals surface area (Å²) >= 11 is 0. The molecule has 9 heteroatoms. The van der Waals surface area contributed by atoms with E-state index in [1.165, 1.54) is 15.4 Å². The van der Waals surface area contributed by atoms with Gasteiger partial charge in [0.05, 0.1) is 11.7 Å². The van der Waals surface area contributed by atoms with Gasteiger partial charge >= 0.3 is 5.69 Å². The van der Waals surface area contributed by atoms with Crippen LogP contribution in [0.5, 0.6) is 0 Å². The van der Waals surface area contributed by atoms with Crippen LogP contribution in [0.4, 0.5) is 4.39 Å². The van der Waals surface area contributed by atoms with Gasteiger partial charge in [-0.25, -0.2) is 9.18 Å². The lowest BCUT2D eigenvalue weighted by Crippen LogP contribution is -2.23. The summed E-state index contributed by atoms with van der Waals surface area (Å²) < 4.78 is 22.6. The first-order chi connectivity index (χ1) is 15.0. The molecule has 4 rings (SSSR count). The van der Waals surface area contributed by atoms with Crippen LogP contribution in [0.25, 0.3) is 5.69 Å². The highest BCUT2D eigenvalue weighted by Gasteiger charge is 2.25. The molecule has 3 aromatic rings. The van der Waals surface area contributed by atoms with Crippen LogP contribution in [-0.2, 0) is 24.8 Å². The first-order valence-corrected chi connectivity index (χ1v) is 10.3. The maximum absolute atomic E-state index is 14.2. The van der Waals surface area contributed by atoms with E-state index in [9.17, 15) is 9.18 Å². The molecule has 162 valence electrons. The first kappa shape index (κ1) is 20.8. The van der Waals surface area contributed by atoms with Gasteiger partial charge in [0.25, 0.3) is 0 Å². The molecule has 2 aromatic carbocycles. The highest BCUT2D eigenvalue weighted by Crippen LogP contribution is 2.33. The molecule has 1 aromatic heterocycles. The van der Waals surface area contributed by atoms with Crippen molar-refractivity contribution in [3.05, 3.63) is 75.0 Å². The van der Waals surface area contributed by atoms with Crippen molar-refractivity contribution in [2.24, 2.45) is 12.1 Å². The summed E-state index contributed by atoms with van der Waals surface area (Å²) in [5.74, 6) is 0.297. The van der Waals surface area contributed by atoms with Crippen molar-refractivity contribution >= 4 is 5.90 Å². The standard InChI is InChI=1S/C22H25FN6O2/c1-4-20(25-24-18-12-11-15-8-6-9-17(23)21(15)18)31-13-16-14(2)7-5-10-19(16)29-22(30)28(3)26-27-29/h5-10,18,24H,4,11-13H2,1-3H3/b25-20-. The van der Waals surface area contributed by atoms with Gasteiger partial charge < -0.3 is 4.74 Å². The number of aryl methyl sites for hydroxylation is 3. The minimum Gasteiger partial charge on any atom is -0.475 e. The molecule has 0 fully saturated rings. The van der Waals surface area contributed by atoms with Crippen molar-refractivity contribution in [2.45, 2.75) is 45.8 Å². The Bertz CT molecular complexity index is 1180. The highest BCUT2D eigenvalue weighted by molar-refractivity contribution is 5.75. The quantitative estimate of drug-likeness (QED) is 0.374. The average molecular weight is 424 g/mol. The molecular formula is C22H25FN6O2. The third-order valence-corrected chi connectivity index (χ3v) is 5.56. The van der Waals surface area contributed by atoms with E-state index in [-0.39, 0.29) is 24.2 Å². The Morgan fingerprint density at radius 1 is 1.29 bits per heavy atom. The zero-order valence-corrected chi connectivity index (χ0v) is 17.8. The fourth-order valence-corrected chi connectivity index (χ4v) is 3.82. The SMILES string of the molecule is CC/C(=N/NC1CCc2cccc(F)c21)OCc1c(C)cccc1-n1nnn(C)c1=O. The van der Waals surface area contributed by atoms with Gasteiger partial charge in [-0.05, 0) is 53.5 Å². The van der Waals surface area contributed by atoms with E-state index in [0.29, 0.717) is 23.6 Å². The topological polar surface area (TPSA) is 86.3 Å². The lowest BCUT2D eigenvalue weighted by Gasteiger charge is -2.16. The number of hydrazone groups is 1. The minimum absolute atomic E-state index is 0.173. The maximum atomic E-state index is 14.2. The van der Waals surface area contributed by atoms with Gasteiger partial charge in [0, 0.05) is 24.6 Å². The molecule has 31 heavy (non-hydrogen) atoms. The number of nitrogens with one attached hydrogen (secondary N) is 1. The summed E-state index contributed by atoms with van der Waals surface area (Å²) in [4.78, 5) is 12.3. The van der Waals surface area contributed by atoms with Crippen LogP contribution in [-0.4, -0.2) is 25.7 Å². The molecule has 1 atom stereocenters. The molecule has 8 nitrogen and oxygen atoms in total. The van der Waals surface area contributed by atoms with Crippen LogP contribution < -0.4 is 11.1 Å². The molecule has 0 amide bonds. The average Bonchev–Trinajstić information content (AvgIpc) is 3.33. The van der Waals surface area contributed by atoms with Crippen LogP contribution in [0.2, 0.25) is 0 Å². The number of ether oxygens (including phenoxy) is 1. The highest BCUT2D eigenvalue weighted by atomic mass is 19.1. The number of aromatic nitrogens is 4. The Kier molecular flexibility index (Phi) is 5.83. The predicted octanol–water partition coefficient (Wildman–Crippen LogP) is 2.93. The van der Waals surface area contributed by atoms with E-state index in [4.69, 9.17) is 4.74 Å². The number of fused-ring (bicyclic) bond motifs is 1. The largest absolute Gasteiger partial charge is 0.475 e. The number of halogens is 1. The molecule has 0 radical (unpaired) electrons. The number of tetrazole rings is 1. The fraction of sp³-hybridized carbons (Fsp3) is 0.364. The second-order valence-electron chi connectivity index (χ2n) is 7.55. The minimum atomic E-state index is -0.333. The molecule has 0 saturated carbocycles. The fourth-order valence-electron chi connectivity index (χ4n) is 3.82. The van der Waals surface area contributed by atoms with Crippen molar-refractivity contribution in [3.63, 3.8) is 0 Å². The van der Waals surface area contributed by atoms with Gasteiger partial charge in [-0.2, -0.15) is 9.36 Å². The number of rotatable bonds is 6. The molecule has 0 spiro atoms. The number of hydrogen-bond donors (Lipinski definition) is 1. The Hall–Kier alpha value is -3.49. The van der Waals surface area contributed by atoms with E-state index in [1.807, 2.05) is 32.0 Å². The number of hydrogen-bond acceptors (Lipinski definition) is 6. The molecule has 1 heterocycles. The van der Waals surface area contributed by atoms with E-state index in [0.717, 1.165) is 29.5 Å². The van der Waals surface area contributed by atoms with E-state index in [2.05, 4.69) is 21.0 Å². The summed E-state index contributed by atoms with van der Waals surface area (Å²) in [6.45, 7) is 4.10. The van der Waals surface area contributed by atoms with Crippen LogP contribution in [0.15, 0.2) is 46.3 Å². The van der Waals surface area contributed by atoms with Crippen LogP contribution in [0.3, 0.4) is 0 Å². The lowest BCUT2D eigenvalue weighted by atomic mass is 10.1. The van der Waals surface area contributed by atoms with Crippen LogP contribution in [0.1, 0.15) is 48.1 Å². The Morgan fingerprint density at radius 3 is 2.84 bits per heavy atom. The molecule has 1 aliphatic carbocycles. The predicted molar refractivity (Wildman–Crippen MR) is 114 cm³/mol. The Balaban J connectivity index is 1.52. The summed E-state index contributed by atoms with van der Waals surface area (Å²) in [7, 11) is 1.55. The summed E-state index contributed by atoms with van der Waals surface area (Å²) in [6.07, 6.45) is 2.17. The first-order valence-electron chi connectivity index (χ1n) is 10.3. The smallest absolute Gasteiger partial charge is 0.368 e. The molecule has 1 N–H and O–H groups in total. The molecule has 1 aliphatic rings. The van der Waals surface area contributed by atoms with Crippen molar-refractivity contribution in [1.29, 1.82) is 0 Å². The van der Waals surface area contributed by atoms with E-state index in [1.54, 1.807) is 19.2 Å². The summed E-state index contributed by atoms with van der Waals surface area (Å²) in [5.41, 5.74) is 6.86. The van der Waals surface area contributed by atoms with Gasteiger partial charge in [-0.1, -0.05) is 31.2 Å². The molecule has 1 unspecified atom stereocenters. The second kappa shape index (κ2) is 8.71. The third kappa shape index (κ3) is 4.08. The summed E-state index contributed by atoms with van der Waals surface area (Å²) in [5, 5.41) is 12.1. The van der Waals surface area contributed by atoms with Gasteiger partial charge in [0.2, 0.25) is 5.90 Å². The maximum Gasteiger partial charge on any atom is 0.368 e. The van der Waals surface area contributed by atoms with Crippen molar-refractivity contribution in [1.82, 2.24) is 25.2 Å². The number of benzene rings is 2. The molecule has 0 bridgehead atoms. The van der Waals surface area contributed by atoms with Crippen molar-refractivity contribution in [2.75, 3.05) is 0 Å². The second-order valence-corrected chi connectivity index (χ2v) is 7.55. The zero-order valence-electron chi connectivity index (χ0n) is 17.8. The van der Waals surface area contributed by atoms with Crippen molar-refractivity contribution < 1.29 is 9.13 Å². The van der Waals surface area contributed by atoms with Gasteiger partial charge in [0.1, 0.15) is 12.4 Å². The van der Waals surface area contributed by atoms with E-state index < -0.39 is 0 Å². The van der Waals surface area contributed by atoms with Gasteiger partial charge in [-0.3, -0.25) is 5.43 Å². The third-order valence-electron chi connectivity index (χ3n) is 5.56. The van der Waals surface area contributed by atoms with Gasteiger partial charge in [-0.15, -0.1) is 5.10 Å². The molecule has 0 aliphatic heterocycles. The van der Waals surface area contributed by atoms with E-state index >= 15 is 0 Å². The number of nitrogens with zero attached hydrogens (tertiary/aromatic N) is 5. The lowest BCUT2D eigenvalue weighted by molar-refractivity contribution is 0.278. The van der Waals surface area contributed by atoms with Crippen molar-refractivity contribution in [3.8, 4) is 5.69 Å². The summed E-state index contributed by atoms with van der Waals surface area (Å²) in [6, 6.07) is 10.6. The zero-order chi connectivity index (χ0) is 22.0. The molecule has 0 saturated heterocycles.